The minimum atomic E-state index is -0.220. The molecule has 130 valence electrons. The van der Waals surface area contributed by atoms with E-state index in [4.69, 9.17) is 0 Å². The lowest BCUT2D eigenvalue weighted by Gasteiger charge is -2.28. The summed E-state index contributed by atoms with van der Waals surface area (Å²) in [5.74, 6) is 1.47. The Balaban J connectivity index is 1.45. The molecule has 2 atom stereocenters. The third-order valence-electron chi connectivity index (χ3n) is 4.90. The number of carbonyl (C=O) groups excluding carboxylic acids is 2. The van der Waals surface area contributed by atoms with Crippen LogP contribution in [0.5, 0.6) is 0 Å². The number of fused-ring (bicyclic) bond motifs is 1. The van der Waals surface area contributed by atoms with Crippen molar-refractivity contribution in [2.45, 2.75) is 38.6 Å². The molecular formula is C16H24N6O2. The fourth-order valence-corrected chi connectivity index (χ4v) is 3.64. The third kappa shape index (κ3) is 4.21. The maximum absolute atomic E-state index is 12.1. The first-order valence-electron chi connectivity index (χ1n) is 8.61. The highest BCUT2D eigenvalue weighted by molar-refractivity contribution is 5.89. The Morgan fingerprint density at radius 2 is 2.25 bits per heavy atom. The van der Waals surface area contributed by atoms with E-state index in [0.29, 0.717) is 30.7 Å². The second-order valence-electron chi connectivity index (χ2n) is 6.62. The van der Waals surface area contributed by atoms with Crippen LogP contribution in [-0.4, -0.2) is 41.9 Å². The highest BCUT2D eigenvalue weighted by Crippen LogP contribution is 2.28. The van der Waals surface area contributed by atoms with Gasteiger partial charge in [0.2, 0.25) is 6.08 Å². The topological polar surface area (TPSA) is 111 Å². The summed E-state index contributed by atoms with van der Waals surface area (Å²) in [6.07, 6.45) is 6.82. The summed E-state index contributed by atoms with van der Waals surface area (Å²) in [7, 11) is 0. The lowest BCUT2D eigenvalue weighted by molar-refractivity contribution is 0.239. The number of nitrogens with one attached hydrogen (secondary N) is 4. The van der Waals surface area contributed by atoms with E-state index >= 15 is 0 Å². The first-order chi connectivity index (χ1) is 11.8. The van der Waals surface area contributed by atoms with E-state index in [1.54, 1.807) is 6.08 Å². The van der Waals surface area contributed by atoms with Crippen LogP contribution in [0.3, 0.4) is 0 Å². The van der Waals surface area contributed by atoms with Crippen LogP contribution in [0.25, 0.3) is 0 Å². The van der Waals surface area contributed by atoms with Gasteiger partial charge in [-0.15, -0.1) is 0 Å². The van der Waals surface area contributed by atoms with E-state index in [-0.39, 0.29) is 6.03 Å². The number of aromatic nitrogens is 2. The Morgan fingerprint density at radius 3 is 3.12 bits per heavy atom. The molecule has 0 saturated heterocycles. The van der Waals surface area contributed by atoms with Crippen LogP contribution >= 0.6 is 0 Å². The number of hydrogen-bond acceptors (Lipinski definition) is 5. The molecule has 1 aliphatic heterocycles. The number of H-pyrrole nitrogens is 1. The number of aliphatic imine (C=N–C) groups is 1. The molecule has 2 heterocycles. The summed E-state index contributed by atoms with van der Waals surface area (Å²) < 4.78 is 0. The van der Waals surface area contributed by atoms with Crippen LogP contribution < -0.4 is 16.0 Å². The van der Waals surface area contributed by atoms with Gasteiger partial charge in [0.1, 0.15) is 0 Å². The molecule has 1 aromatic rings. The number of hydrogen-bond donors (Lipinski definition) is 4. The molecule has 8 nitrogen and oxygen atoms in total. The molecule has 0 radical (unpaired) electrons. The number of nitrogens with zero attached hydrogens (tertiary/aromatic N) is 2. The standard InChI is InChI=1S/C16H24N6O2/c23-10-18-7-11-2-1-3-12(6-11)8-19-16(24)20-15-13-9-17-5-4-14(13)21-22-15/h11-12,17H,1-9H2,(H3,19,20,21,22,24). The van der Waals surface area contributed by atoms with E-state index in [2.05, 4.69) is 31.1 Å². The fourth-order valence-electron chi connectivity index (χ4n) is 3.64. The summed E-state index contributed by atoms with van der Waals surface area (Å²) in [4.78, 5) is 26.0. The van der Waals surface area contributed by atoms with Crippen molar-refractivity contribution in [1.82, 2.24) is 20.8 Å². The number of anilines is 1. The van der Waals surface area contributed by atoms with E-state index in [1.807, 2.05) is 0 Å². The molecule has 0 aromatic carbocycles. The minimum Gasteiger partial charge on any atom is -0.338 e. The zero-order valence-electron chi connectivity index (χ0n) is 13.7. The van der Waals surface area contributed by atoms with Gasteiger partial charge in [0.15, 0.2) is 5.82 Å². The van der Waals surface area contributed by atoms with Gasteiger partial charge in [-0.2, -0.15) is 5.10 Å². The summed E-state index contributed by atoms with van der Waals surface area (Å²) in [5, 5.41) is 16.2. The first-order valence-corrected chi connectivity index (χ1v) is 8.61. The maximum atomic E-state index is 12.1. The molecule has 1 fully saturated rings. The number of isocyanates is 1. The van der Waals surface area contributed by atoms with Gasteiger partial charge in [0, 0.05) is 37.3 Å². The van der Waals surface area contributed by atoms with Crippen molar-refractivity contribution >= 4 is 17.9 Å². The number of carbonyl (C=O) groups is 1. The quantitative estimate of drug-likeness (QED) is 0.481. The molecule has 2 amide bonds. The van der Waals surface area contributed by atoms with E-state index in [9.17, 15) is 9.59 Å². The Morgan fingerprint density at radius 1 is 1.38 bits per heavy atom. The van der Waals surface area contributed by atoms with Crippen molar-refractivity contribution in [1.29, 1.82) is 0 Å². The number of amides is 2. The number of rotatable bonds is 5. The summed E-state index contributed by atoms with van der Waals surface area (Å²) in [6, 6.07) is -0.220. The van der Waals surface area contributed by atoms with Crippen LogP contribution in [0.1, 0.15) is 36.9 Å². The maximum Gasteiger partial charge on any atom is 0.320 e. The Kier molecular flexibility index (Phi) is 5.61. The largest absolute Gasteiger partial charge is 0.338 e. The molecule has 0 bridgehead atoms. The lowest BCUT2D eigenvalue weighted by Crippen LogP contribution is -2.35. The molecule has 3 rings (SSSR count). The Hall–Kier alpha value is -2.18. The van der Waals surface area contributed by atoms with Crippen LogP contribution in [0, 0.1) is 11.8 Å². The number of urea groups is 1. The molecule has 1 aliphatic carbocycles. The van der Waals surface area contributed by atoms with Crippen LogP contribution in [0.4, 0.5) is 10.6 Å². The SMILES string of the molecule is O=C=NCC1CCCC(CNC(=O)Nc2n[nH]c3c2CNCC3)C1. The minimum absolute atomic E-state index is 0.220. The van der Waals surface area contributed by atoms with Crippen molar-refractivity contribution in [2.75, 3.05) is 25.0 Å². The van der Waals surface area contributed by atoms with Gasteiger partial charge in [-0.3, -0.25) is 10.4 Å². The molecule has 1 aromatic heterocycles. The third-order valence-corrected chi connectivity index (χ3v) is 4.90. The van der Waals surface area contributed by atoms with Gasteiger partial charge < -0.3 is 10.6 Å². The molecule has 4 N–H and O–H groups in total. The zero-order chi connectivity index (χ0) is 16.8. The molecule has 24 heavy (non-hydrogen) atoms. The number of aromatic amines is 1. The molecule has 8 heteroatoms. The Labute approximate surface area is 140 Å². The summed E-state index contributed by atoms with van der Waals surface area (Å²) in [6.45, 7) is 2.84. The predicted octanol–water partition coefficient (Wildman–Crippen LogP) is 1.32. The van der Waals surface area contributed by atoms with Gasteiger partial charge >= 0.3 is 6.03 Å². The fraction of sp³-hybridized carbons (Fsp3) is 0.688. The molecular weight excluding hydrogens is 308 g/mol. The second-order valence-corrected chi connectivity index (χ2v) is 6.62. The van der Waals surface area contributed by atoms with Crippen molar-refractivity contribution < 1.29 is 9.59 Å². The van der Waals surface area contributed by atoms with Crippen molar-refractivity contribution in [2.24, 2.45) is 16.8 Å². The van der Waals surface area contributed by atoms with Crippen molar-refractivity contribution in [3.05, 3.63) is 11.3 Å². The monoisotopic (exact) mass is 332 g/mol. The van der Waals surface area contributed by atoms with Crippen molar-refractivity contribution in [3.8, 4) is 0 Å². The molecule has 1 saturated carbocycles. The molecule has 2 unspecified atom stereocenters. The van der Waals surface area contributed by atoms with Gasteiger partial charge in [-0.25, -0.2) is 14.6 Å². The molecule has 2 aliphatic rings. The van der Waals surface area contributed by atoms with Gasteiger partial charge in [0.05, 0.1) is 6.54 Å². The highest BCUT2D eigenvalue weighted by atomic mass is 16.2. The second kappa shape index (κ2) is 8.08. The van der Waals surface area contributed by atoms with Gasteiger partial charge in [0.25, 0.3) is 0 Å². The normalized spacial score (nSPS) is 23.0. The van der Waals surface area contributed by atoms with Gasteiger partial charge in [-0.1, -0.05) is 6.42 Å². The lowest BCUT2D eigenvalue weighted by atomic mass is 9.81. The van der Waals surface area contributed by atoms with Crippen molar-refractivity contribution in [3.63, 3.8) is 0 Å². The Bertz CT molecular complexity index is 622. The highest BCUT2D eigenvalue weighted by Gasteiger charge is 2.23. The van der Waals surface area contributed by atoms with Crippen LogP contribution in [-0.2, 0) is 17.8 Å². The first kappa shape index (κ1) is 16.7. The van der Waals surface area contributed by atoms with Crippen LogP contribution in [0.15, 0.2) is 4.99 Å². The van der Waals surface area contributed by atoms with E-state index < -0.39 is 0 Å². The predicted molar refractivity (Wildman–Crippen MR) is 89.5 cm³/mol. The smallest absolute Gasteiger partial charge is 0.320 e. The van der Waals surface area contributed by atoms with E-state index in [0.717, 1.165) is 56.5 Å². The average Bonchev–Trinajstić information content (AvgIpc) is 3.02. The summed E-state index contributed by atoms with van der Waals surface area (Å²) >= 11 is 0. The van der Waals surface area contributed by atoms with Crippen LogP contribution in [0.2, 0.25) is 0 Å². The molecule has 0 spiro atoms. The van der Waals surface area contributed by atoms with Gasteiger partial charge in [-0.05, 0) is 31.1 Å². The van der Waals surface area contributed by atoms with E-state index in [1.165, 1.54) is 0 Å². The average molecular weight is 332 g/mol. The zero-order valence-corrected chi connectivity index (χ0v) is 13.7. The summed E-state index contributed by atoms with van der Waals surface area (Å²) in [5.41, 5.74) is 2.13.